The van der Waals surface area contributed by atoms with E-state index in [-0.39, 0.29) is 5.92 Å². The molecule has 0 saturated heterocycles. The zero-order valence-corrected chi connectivity index (χ0v) is 12.9. The van der Waals surface area contributed by atoms with Gasteiger partial charge in [-0.2, -0.15) is 0 Å². The number of hydrogen-bond donors (Lipinski definition) is 4. The smallest absolute Gasteiger partial charge is 0.309 e. The molecule has 5 heteroatoms. The molecule has 116 valence electrons. The van der Waals surface area contributed by atoms with Crippen molar-refractivity contribution in [2.45, 2.75) is 39.0 Å². The molecule has 0 aliphatic heterocycles. The normalized spacial score (nSPS) is 16.1. The fourth-order valence-electron chi connectivity index (χ4n) is 3.12. The molecule has 1 saturated carbocycles. The van der Waals surface area contributed by atoms with Gasteiger partial charge in [-0.15, -0.1) is 0 Å². The lowest BCUT2D eigenvalue weighted by molar-refractivity contribution is -0.143. The van der Waals surface area contributed by atoms with E-state index < -0.39 is 11.4 Å². The Hall–Kier alpha value is -2.30. The number of carboxylic acid groups (broad SMARTS) is 1. The summed E-state index contributed by atoms with van der Waals surface area (Å²) in [7, 11) is 0. The van der Waals surface area contributed by atoms with E-state index >= 15 is 0 Å². The van der Waals surface area contributed by atoms with Crippen molar-refractivity contribution in [3.05, 3.63) is 29.0 Å². The Morgan fingerprint density at radius 2 is 2.18 bits per heavy atom. The van der Waals surface area contributed by atoms with Gasteiger partial charge in [0.15, 0.2) is 0 Å². The Morgan fingerprint density at radius 1 is 1.50 bits per heavy atom. The van der Waals surface area contributed by atoms with E-state index in [4.69, 9.17) is 11.1 Å². The number of hydrogen-bond acceptors (Lipinski definition) is 3. The molecule has 1 aliphatic carbocycles. The first kappa shape index (κ1) is 14.6. The van der Waals surface area contributed by atoms with E-state index in [2.05, 4.69) is 18.8 Å². The second-order valence-corrected chi connectivity index (χ2v) is 6.61. The molecule has 0 bridgehead atoms. The summed E-state index contributed by atoms with van der Waals surface area (Å²) in [6, 6.07) is 3.73. The molecular weight excluding hydrogens is 278 g/mol. The summed E-state index contributed by atoms with van der Waals surface area (Å²) in [6.45, 7) is 4.19. The highest BCUT2D eigenvalue weighted by molar-refractivity contribution is 5.96. The van der Waals surface area contributed by atoms with E-state index in [1.807, 2.05) is 12.1 Å². The van der Waals surface area contributed by atoms with Gasteiger partial charge in [0.05, 0.1) is 5.41 Å². The monoisotopic (exact) mass is 299 g/mol. The van der Waals surface area contributed by atoms with Gasteiger partial charge in [-0.05, 0) is 42.9 Å². The molecule has 1 heterocycles. The third-order valence-electron chi connectivity index (χ3n) is 4.70. The lowest BCUT2D eigenvalue weighted by Crippen LogP contribution is -2.18. The molecule has 2 aromatic rings. The average Bonchev–Trinajstić information content (AvgIpc) is 3.16. The maximum Gasteiger partial charge on any atom is 0.309 e. The predicted molar refractivity (Wildman–Crippen MR) is 87.7 cm³/mol. The first-order valence-corrected chi connectivity index (χ1v) is 7.56. The molecule has 0 radical (unpaired) electrons. The Bertz CT molecular complexity index is 770. The maximum absolute atomic E-state index is 11.5. The van der Waals surface area contributed by atoms with Gasteiger partial charge in [-0.1, -0.05) is 13.8 Å². The van der Waals surface area contributed by atoms with Crippen molar-refractivity contribution < 1.29 is 9.90 Å². The van der Waals surface area contributed by atoms with Crippen LogP contribution in [0.25, 0.3) is 10.9 Å². The molecule has 1 aliphatic rings. The van der Waals surface area contributed by atoms with E-state index in [0.29, 0.717) is 17.7 Å². The number of aliphatic carboxylic acids is 1. The lowest BCUT2D eigenvalue weighted by atomic mass is 9.91. The standard InChI is InChI=1S/C17H21N3O2/c1-9(2)15-12(7-17(3-4-17)16(21)22)11-6-13(19)10(8-18)5-14(11)20-15/h5-6,8-9,18,20H,3-4,7,19H2,1-2H3,(H,21,22). The van der Waals surface area contributed by atoms with Crippen molar-refractivity contribution in [3.8, 4) is 0 Å². The van der Waals surface area contributed by atoms with E-state index in [0.717, 1.165) is 35.0 Å². The zero-order valence-electron chi connectivity index (χ0n) is 12.9. The van der Waals surface area contributed by atoms with Crippen LogP contribution in [0.4, 0.5) is 5.69 Å². The minimum Gasteiger partial charge on any atom is -0.481 e. The average molecular weight is 299 g/mol. The largest absolute Gasteiger partial charge is 0.481 e. The van der Waals surface area contributed by atoms with Crippen LogP contribution in [-0.2, 0) is 11.2 Å². The maximum atomic E-state index is 11.5. The van der Waals surface area contributed by atoms with Gasteiger partial charge < -0.3 is 21.2 Å². The zero-order chi connectivity index (χ0) is 16.1. The second kappa shape index (κ2) is 4.87. The van der Waals surface area contributed by atoms with Gasteiger partial charge in [0.1, 0.15) is 0 Å². The van der Waals surface area contributed by atoms with Crippen LogP contribution in [-0.4, -0.2) is 22.3 Å². The van der Waals surface area contributed by atoms with Gasteiger partial charge in [-0.25, -0.2) is 0 Å². The summed E-state index contributed by atoms with van der Waals surface area (Å²) in [5.74, 6) is -0.433. The van der Waals surface area contributed by atoms with Crippen molar-refractivity contribution in [3.63, 3.8) is 0 Å². The molecule has 3 rings (SSSR count). The molecule has 1 aromatic carbocycles. The van der Waals surface area contributed by atoms with Crippen LogP contribution in [0.3, 0.4) is 0 Å². The number of carbonyl (C=O) groups is 1. The Labute approximate surface area is 129 Å². The molecule has 1 fully saturated rings. The fourth-order valence-corrected chi connectivity index (χ4v) is 3.12. The Kier molecular flexibility index (Phi) is 3.24. The van der Waals surface area contributed by atoms with Crippen molar-refractivity contribution in [1.29, 1.82) is 5.41 Å². The first-order chi connectivity index (χ1) is 10.4. The minimum absolute atomic E-state index is 0.275. The molecule has 1 aromatic heterocycles. The highest BCUT2D eigenvalue weighted by Crippen LogP contribution is 2.50. The molecular formula is C17H21N3O2. The quantitative estimate of drug-likeness (QED) is 0.503. The van der Waals surface area contributed by atoms with Crippen LogP contribution in [0.5, 0.6) is 0 Å². The van der Waals surface area contributed by atoms with Gasteiger partial charge in [-0.3, -0.25) is 4.79 Å². The van der Waals surface area contributed by atoms with Crippen molar-refractivity contribution in [1.82, 2.24) is 4.98 Å². The van der Waals surface area contributed by atoms with E-state index in [1.54, 1.807) is 0 Å². The van der Waals surface area contributed by atoms with Crippen LogP contribution < -0.4 is 5.73 Å². The SMILES string of the molecule is CC(C)c1[nH]c2cc(C=N)c(N)cc2c1CC1(C(=O)O)CC1. The summed E-state index contributed by atoms with van der Waals surface area (Å²) in [4.78, 5) is 14.9. The van der Waals surface area contributed by atoms with Crippen molar-refractivity contribution in [2.24, 2.45) is 5.41 Å². The van der Waals surface area contributed by atoms with Gasteiger partial charge in [0.25, 0.3) is 0 Å². The number of carboxylic acids is 1. The number of aromatic amines is 1. The number of benzene rings is 1. The van der Waals surface area contributed by atoms with Crippen molar-refractivity contribution >= 4 is 28.8 Å². The lowest BCUT2D eigenvalue weighted by Gasteiger charge is -2.13. The molecule has 0 amide bonds. The number of H-pyrrole nitrogens is 1. The first-order valence-electron chi connectivity index (χ1n) is 7.56. The summed E-state index contributed by atoms with van der Waals surface area (Å²) in [5, 5.41) is 17.9. The number of nitrogens with two attached hydrogens (primary N) is 1. The van der Waals surface area contributed by atoms with Crippen LogP contribution >= 0.6 is 0 Å². The third kappa shape index (κ3) is 2.17. The van der Waals surface area contributed by atoms with Crippen LogP contribution in [0.1, 0.15) is 49.4 Å². The van der Waals surface area contributed by atoms with Crippen LogP contribution in [0, 0.1) is 10.8 Å². The summed E-state index contributed by atoms with van der Waals surface area (Å²) >= 11 is 0. The van der Waals surface area contributed by atoms with Crippen LogP contribution in [0.2, 0.25) is 0 Å². The fraction of sp³-hybridized carbons (Fsp3) is 0.412. The van der Waals surface area contributed by atoms with E-state index in [9.17, 15) is 9.90 Å². The highest BCUT2D eigenvalue weighted by Gasteiger charge is 2.50. The molecule has 0 atom stereocenters. The molecule has 22 heavy (non-hydrogen) atoms. The summed E-state index contributed by atoms with van der Waals surface area (Å²) < 4.78 is 0. The Balaban J connectivity index is 2.18. The molecule has 0 spiro atoms. The number of fused-ring (bicyclic) bond motifs is 1. The van der Waals surface area contributed by atoms with Crippen LogP contribution in [0.15, 0.2) is 12.1 Å². The van der Waals surface area contributed by atoms with Gasteiger partial charge in [0, 0.05) is 34.1 Å². The Morgan fingerprint density at radius 3 is 2.68 bits per heavy atom. The van der Waals surface area contributed by atoms with E-state index in [1.165, 1.54) is 6.21 Å². The number of nitrogens with one attached hydrogen (secondary N) is 2. The highest BCUT2D eigenvalue weighted by atomic mass is 16.4. The summed E-state index contributed by atoms with van der Waals surface area (Å²) in [6.07, 6.45) is 3.25. The predicted octanol–water partition coefficient (Wildman–Crippen LogP) is 3.28. The third-order valence-corrected chi connectivity index (χ3v) is 4.70. The summed E-state index contributed by atoms with van der Waals surface area (Å²) in [5.41, 5.74) is 9.70. The number of nitrogen functional groups attached to an aromatic ring is 1. The minimum atomic E-state index is -0.708. The van der Waals surface area contributed by atoms with Crippen molar-refractivity contribution in [2.75, 3.05) is 5.73 Å². The topological polar surface area (TPSA) is 103 Å². The second-order valence-electron chi connectivity index (χ2n) is 6.61. The molecule has 5 nitrogen and oxygen atoms in total. The number of anilines is 1. The van der Waals surface area contributed by atoms with Gasteiger partial charge in [0.2, 0.25) is 0 Å². The molecule has 0 unspecified atom stereocenters. The number of rotatable bonds is 5. The number of aromatic nitrogens is 1. The van der Waals surface area contributed by atoms with Gasteiger partial charge >= 0.3 is 5.97 Å². The molecule has 5 N–H and O–H groups in total.